The van der Waals surface area contributed by atoms with Crippen molar-refractivity contribution in [2.75, 3.05) is 11.5 Å². The van der Waals surface area contributed by atoms with Gasteiger partial charge in [-0.3, -0.25) is 9.48 Å². The molecule has 19 heavy (non-hydrogen) atoms. The van der Waals surface area contributed by atoms with Crippen LogP contribution in [0.5, 0.6) is 0 Å². The maximum atomic E-state index is 12.2. The molecule has 5 nitrogen and oxygen atoms in total. The number of carbonyl (C=O) groups excluding carboxylic acids is 1. The molecule has 106 valence electrons. The summed E-state index contributed by atoms with van der Waals surface area (Å²) in [5, 5.41) is 4.34. The molecule has 1 aromatic rings. The van der Waals surface area contributed by atoms with E-state index in [0.717, 1.165) is 15.9 Å². The number of aryl methyl sites for hydroxylation is 2. The number of nitrogens with zero attached hydrogens (tertiary/aromatic N) is 2. The number of ketones is 1. The van der Waals surface area contributed by atoms with E-state index >= 15 is 0 Å². The van der Waals surface area contributed by atoms with Crippen LogP contribution in [0.15, 0.2) is 4.47 Å². The fourth-order valence-corrected chi connectivity index (χ4v) is 4.60. The number of Topliss-reactive ketones (excluding diaryl/α,β-unsaturated/α-hetero) is 1. The predicted octanol–water partition coefficient (Wildman–Crippen LogP) is 1.52. The SMILES string of the molecule is CCn1nc(C)c(Br)c1CC(=O)C1CCS(=O)(=O)C1. The van der Waals surface area contributed by atoms with Crippen molar-refractivity contribution in [3.05, 3.63) is 15.9 Å². The summed E-state index contributed by atoms with van der Waals surface area (Å²) in [5.74, 6) is -0.215. The van der Waals surface area contributed by atoms with Crippen LogP contribution >= 0.6 is 15.9 Å². The monoisotopic (exact) mass is 348 g/mol. The van der Waals surface area contributed by atoms with Gasteiger partial charge in [-0.05, 0) is 36.2 Å². The molecule has 0 aliphatic carbocycles. The molecule has 1 unspecified atom stereocenters. The fraction of sp³-hybridized carbons (Fsp3) is 0.667. The zero-order chi connectivity index (χ0) is 14.2. The molecule has 0 radical (unpaired) electrons. The highest BCUT2D eigenvalue weighted by Crippen LogP contribution is 2.25. The van der Waals surface area contributed by atoms with Gasteiger partial charge in [-0.2, -0.15) is 5.10 Å². The largest absolute Gasteiger partial charge is 0.299 e. The average Bonchev–Trinajstić information content (AvgIpc) is 2.83. The van der Waals surface area contributed by atoms with E-state index in [1.165, 1.54) is 0 Å². The van der Waals surface area contributed by atoms with E-state index < -0.39 is 9.84 Å². The van der Waals surface area contributed by atoms with E-state index in [2.05, 4.69) is 21.0 Å². The number of sulfone groups is 1. The van der Waals surface area contributed by atoms with Crippen LogP contribution in [0, 0.1) is 12.8 Å². The Hall–Kier alpha value is -0.690. The summed E-state index contributed by atoms with van der Waals surface area (Å²) in [5.41, 5.74) is 1.69. The van der Waals surface area contributed by atoms with Crippen molar-refractivity contribution in [1.82, 2.24) is 9.78 Å². The van der Waals surface area contributed by atoms with Gasteiger partial charge in [0, 0.05) is 18.9 Å². The van der Waals surface area contributed by atoms with Gasteiger partial charge in [0.2, 0.25) is 0 Å². The highest BCUT2D eigenvalue weighted by molar-refractivity contribution is 9.10. The van der Waals surface area contributed by atoms with Crippen LogP contribution in [0.3, 0.4) is 0 Å². The Morgan fingerprint density at radius 2 is 2.21 bits per heavy atom. The lowest BCUT2D eigenvalue weighted by Crippen LogP contribution is -2.20. The Labute approximate surface area is 121 Å². The van der Waals surface area contributed by atoms with Gasteiger partial charge in [0.15, 0.2) is 9.84 Å². The van der Waals surface area contributed by atoms with Crippen molar-refractivity contribution in [2.24, 2.45) is 5.92 Å². The second kappa shape index (κ2) is 5.36. The van der Waals surface area contributed by atoms with Gasteiger partial charge >= 0.3 is 0 Å². The average molecular weight is 349 g/mol. The standard InChI is InChI=1S/C12H17BrN2O3S/c1-3-15-10(12(13)8(2)14-15)6-11(16)9-4-5-19(17,18)7-9/h9H,3-7H2,1-2H3. The number of carbonyl (C=O) groups is 1. The van der Waals surface area contributed by atoms with Crippen molar-refractivity contribution in [3.8, 4) is 0 Å². The maximum Gasteiger partial charge on any atom is 0.151 e. The highest BCUT2D eigenvalue weighted by atomic mass is 79.9. The topological polar surface area (TPSA) is 69.0 Å². The van der Waals surface area contributed by atoms with Gasteiger partial charge in [-0.15, -0.1) is 0 Å². The summed E-state index contributed by atoms with van der Waals surface area (Å²) in [6, 6.07) is 0. The Morgan fingerprint density at radius 3 is 2.74 bits per heavy atom. The molecule has 1 saturated heterocycles. The minimum atomic E-state index is -3.01. The molecular formula is C12H17BrN2O3S. The Bertz CT molecular complexity index is 607. The number of rotatable bonds is 4. The number of hydrogen-bond acceptors (Lipinski definition) is 4. The molecule has 7 heteroatoms. The molecule has 0 aromatic carbocycles. The Kier molecular flexibility index (Phi) is 4.15. The summed E-state index contributed by atoms with van der Waals surface area (Å²) < 4.78 is 25.5. The van der Waals surface area contributed by atoms with E-state index in [0.29, 0.717) is 13.0 Å². The van der Waals surface area contributed by atoms with Crippen molar-refractivity contribution in [3.63, 3.8) is 0 Å². The first-order chi connectivity index (χ1) is 8.84. The molecule has 0 amide bonds. The molecule has 1 atom stereocenters. The van der Waals surface area contributed by atoms with E-state index in [1.54, 1.807) is 4.68 Å². The summed E-state index contributed by atoms with van der Waals surface area (Å²) in [7, 11) is -3.01. The normalized spacial score (nSPS) is 21.7. The zero-order valence-electron chi connectivity index (χ0n) is 11.0. The zero-order valence-corrected chi connectivity index (χ0v) is 13.4. The van der Waals surface area contributed by atoms with Crippen molar-refractivity contribution in [1.29, 1.82) is 0 Å². The molecule has 0 spiro atoms. The number of halogens is 1. The third kappa shape index (κ3) is 3.08. The molecule has 0 bridgehead atoms. The lowest BCUT2D eigenvalue weighted by Gasteiger charge is -2.08. The molecule has 2 rings (SSSR count). The molecule has 1 fully saturated rings. The van der Waals surface area contributed by atoms with Gasteiger partial charge in [-0.25, -0.2) is 8.42 Å². The molecule has 1 aliphatic rings. The van der Waals surface area contributed by atoms with Gasteiger partial charge in [0.05, 0.1) is 27.4 Å². The first kappa shape index (κ1) is 14.7. The number of aromatic nitrogens is 2. The van der Waals surface area contributed by atoms with Crippen LogP contribution < -0.4 is 0 Å². The smallest absolute Gasteiger partial charge is 0.151 e. The third-order valence-corrected chi connectivity index (χ3v) is 6.28. The Morgan fingerprint density at radius 1 is 1.53 bits per heavy atom. The molecule has 2 heterocycles. The minimum absolute atomic E-state index is 0.00268. The van der Waals surface area contributed by atoms with Gasteiger partial charge in [-0.1, -0.05) is 0 Å². The first-order valence-electron chi connectivity index (χ1n) is 6.29. The third-order valence-electron chi connectivity index (χ3n) is 3.48. The summed E-state index contributed by atoms with van der Waals surface area (Å²) >= 11 is 3.45. The van der Waals surface area contributed by atoms with Crippen LogP contribution in [-0.4, -0.2) is 35.5 Å². The van der Waals surface area contributed by atoms with Crippen LogP contribution in [0.4, 0.5) is 0 Å². The predicted molar refractivity (Wildman–Crippen MR) is 75.8 cm³/mol. The van der Waals surface area contributed by atoms with Crippen molar-refractivity contribution >= 4 is 31.6 Å². The van der Waals surface area contributed by atoms with E-state index in [4.69, 9.17) is 0 Å². The molecule has 0 N–H and O–H groups in total. The van der Waals surface area contributed by atoms with Crippen LogP contribution in [0.1, 0.15) is 24.7 Å². The Balaban J connectivity index is 2.16. The van der Waals surface area contributed by atoms with Gasteiger partial charge in [0.25, 0.3) is 0 Å². The van der Waals surface area contributed by atoms with Gasteiger partial charge < -0.3 is 0 Å². The summed E-state index contributed by atoms with van der Waals surface area (Å²) in [4.78, 5) is 12.2. The van der Waals surface area contributed by atoms with Crippen molar-refractivity contribution < 1.29 is 13.2 Å². The summed E-state index contributed by atoms with van der Waals surface area (Å²) in [6.45, 7) is 4.54. The molecule has 1 aliphatic heterocycles. The lowest BCUT2D eigenvalue weighted by molar-refractivity contribution is -0.121. The highest BCUT2D eigenvalue weighted by Gasteiger charge is 2.33. The summed E-state index contributed by atoms with van der Waals surface area (Å²) in [6.07, 6.45) is 0.702. The van der Waals surface area contributed by atoms with Crippen molar-refractivity contribution in [2.45, 2.75) is 33.2 Å². The van der Waals surface area contributed by atoms with Crippen LogP contribution in [0.25, 0.3) is 0 Å². The maximum absolute atomic E-state index is 12.2. The minimum Gasteiger partial charge on any atom is -0.299 e. The van der Waals surface area contributed by atoms with Gasteiger partial charge in [0.1, 0.15) is 5.78 Å². The quantitative estimate of drug-likeness (QED) is 0.827. The second-order valence-corrected chi connectivity index (χ2v) is 7.93. The lowest BCUT2D eigenvalue weighted by atomic mass is 10.00. The molecular weight excluding hydrogens is 332 g/mol. The van der Waals surface area contributed by atoms with Crippen LogP contribution in [0.2, 0.25) is 0 Å². The first-order valence-corrected chi connectivity index (χ1v) is 8.90. The van der Waals surface area contributed by atoms with E-state index in [9.17, 15) is 13.2 Å². The second-order valence-electron chi connectivity index (χ2n) is 4.90. The molecule has 1 aromatic heterocycles. The van der Waals surface area contributed by atoms with E-state index in [-0.39, 0.29) is 29.6 Å². The van der Waals surface area contributed by atoms with Crippen LogP contribution in [-0.2, 0) is 27.6 Å². The fourth-order valence-electron chi connectivity index (χ4n) is 2.40. The molecule has 0 saturated carbocycles. The van der Waals surface area contributed by atoms with E-state index in [1.807, 2.05) is 13.8 Å². The number of hydrogen-bond donors (Lipinski definition) is 0.